The van der Waals surface area contributed by atoms with E-state index in [4.69, 9.17) is 5.73 Å². The number of hydrogen-bond acceptors (Lipinski definition) is 4. The summed E-state index contributed by atoms with van der Waals surface area (Å²) < 4.78 is 2.28. The summed E-state index contributed by atoms with van der Waals surface area (Å²) in [4.78, 5) is 11.0. The average molecular weight is 259 g/mol. The summed E-state index contributed by atoms with van der Waals surface area (Å²) in [6.45, 7) is 8.77. The highest BCUT2D eigenvalue weighted by Crippen LogP contribution is 2.26. The van der Waals surface area contributed by atoms with Gasteiger partial charge in [0.05, 0.1) is 5.39 Å². The van der Waals surface area contributed by atoms with Gasteiger partial charge in [-0.2, -0.15) is 0 Å². The van der Waals surface area contributed by atoms with Crippen molar-refractivity contribution in [1.29, 1.82) is 0 Å². The van der Waals surface area contributed by atoms with E-state index in [2.05, 4.69) is 33.3 Å². The zero-order valence-electron chi connectivity index (χ0n) is 11.7. The maximum absolute atomic E-state index is 5.98. The number of aryl methyl sites for hydroxylation is 1. The Kier molecular flexibility index (Phi) is 3.14. The van der Waals surface area contributed by atoms with Crippen LogP contribution in [0, 0.1) is 13.8 Å². The molecule has 0 atom stereocenters. The molecule has 2 aromatic heterocycles. The lowest BCUT2D eigenvalue weighted by atomic mass is 10.2. The SMILES string of the molecule is Cc1c(C)n(CCN2CCCC2)c2ncnc(N)c12. The molecule has 1 aliphatic rings. The molecular weight excluding hydrogens is 238 g/mol. The van der Waals surface area contributed by atoms with E-state index in [1.807, 2.05) is 0 Å². The van der Waals surface area contributed by atoms with Crippen LogP contribution in [0.2, 0.25) is 0 Å². The molecule has 3 heterocycles. The number of fused-ring (bicyclic) bond motifs is 1. The molecular formula is C14H21N5. The molecule has 0 saturated carbocycles. The minimum absolute atomic E-state index is 0.588. The molecule has 0 radical (unpaired) electrons. The van der Waals surface area contributed by atoms with Gasteiger partial charge in [-0.25, -0.2) is 9.97 Å². The fourth-order valence-electron chi connectivity index (χ4n) is 3.02. The predicted molar refractivity (Wildman–Crippen MR) is 77.1 cm³/mol. The van der Waals surface area contributed by atoms with Crippen molar-refractivity contribution >= 4 is 16.9 Å². The van der Waals surface area contributed by atoms with Crippen molar-refractivity contribution in [2.75, 3.05) is 25.4 Å². The van der Waals surface area contributed by atoms with Gasteiger partial charge in [-0.05, 0) is 45.3 Å². The molecule has 0 aromatic carbocycles. The average Bonchev–Trinajstić information content (AvgIpc) is 2.98. The van der Waals surface area contributed by atoms with Crippen LogP contribution in [0.5, 0.6) is 0 Å². The Morgan fingerprint density at radius 2 is 1.89 bits per heavy atom. The van der Waals surface area contributed by atoms with E-state index in [0.29, 0.717) is 5.82 Å². The quantitative estimate of drug-likeness (QED) is 0.912. The molecule has 3 rings (SSSR count). The Balaban J connectivity index is 1.94. The molecule has 0 unspecified atom stereocenters. The first kappa shape index (κ1) is 12.4. The van der Waals surface area contributed by atoms with Gasteiger partial charge in [0.25, 0.3) is 0 Å². The van der Waals surface area contributed by atoms with Crippen molar-refractivity contribution in [2.45, 2.75) is 33.2 Å². The fraction of sp³-hybridized carbons (Fsp3) is 0.571. The molecule has 5 nitrogen and oxygen atoms in total. The van der Waals surface area contributed by atoms with Gasteiger partial charge < -0.3 is 15.2 Å². The Morgan fingerprint density at radius 1 is 1.16 bits per heavy atom. The van der Waals surface area contributed by atoms with Crippen LogP contribution in [0.15, 0.2) is 6.33 Å². The second-order valence-corrected chi connectivity index (χ2v) is 5.37. The van der Waals surface area contributed by atoms with Gasteiger partial charge in [0.1, 0.15) is 17.8 Å². The minimum Gasteiger partial charge on any atom is -0.383 e. The molecule has 19 heavy (non-hydrogen) atoms. The lowest BCUT2D eigenvalue weighted by Crippen LogP contribution is -2.24. The Bertz CT molecular complexity index is 595. The molecule has 0 spiro atoms. The fourth-order valence-corrected chi connectivity index (χ4v) is 3.02. The Labute approximate surface area is 113 Å². The van der Waals surface area contributed by atoms with E-state index in [0.717, 1.165) is 24.1 Å². The number of likely N-dealkylation sites (tertiary alicyclic amines) is 1. The molecule has 0 aliphatic carbocycles. The van der Waals surface area contributed by atoms with E-state index < -0.39 is 0 Å². The number of nitrogen functional groups attached to an aromatic ring is 1. The van der Waals surface area contributed by atoms with E-state index in [1.165, 1.54) is 37.2 Å². The summed E-state index contributed by atoms with van der Waals surface area (Å²) in [5, 5.41) is 1.02. The summed E-state index contributed by atoms with van der Waals surface area (Å²) >= 11 is 0. The van der Waals surface area contributed by atoms with Crippen LogP contribution < -0.4 is 5.73 Å². The number of hydrogen-bond donors (Lipinski definition) is 1. The first-order valence-corrected chi connectivity index (χ1v) is 6.96. The summed E-state index contributed by atoms with van der Waals surface area (Å²) in [6.07, 6.45) is 4.22. The number of nitrogens with zero attached hydrogens (tertiary/aromatic N) is 4. The van der Waals surface area contributed by atoms with Crippen LogP contribution in [-0.4, -0.2) is 39.1 Å². The van der Waals surface area contributed by atoms with Crippen LogP contribution in [0.4, 0.5) is 5.82 Å². The molecule has 102 valence electrons. The molecule has 5 heteroatoms. The molecule has 0 bridgehead atoms. The number of rotatable bonds is 3. The van der Waals surface area contributed by atoms with E-state index in [1.54, 1.807) is 6.33 Å². The molecule has 1 saturated heterocycles. The van der Waals surface area contributed by atoms with Crippen molar-refractivity contribution in [1.82, 2.24) is 19.4 Å². The Morgan fingerprint density at radius 3 is 2.63 bits per heavy atom. The summed E-state index contributed by atoms with van der Waals surface area (Å²) in [5.41, 5.74) is 9.41. The second-order valence-electron chi connectivity index (χ2n) is 5.37. The van der Waals surface area contributed by atoms with Crippen LogP contribution in [0.25, 0.3) is 11.0 Å². The third-order valence-electron chi connectivity index (χ3n) is 4.27. The predicted octanol–water partition coefficient (Wildman–Crippen LogP) is 1.73. The van der Waals surface area contributed by atoms with Gasteiger partial charge >= 0.3 is 0 Å². The maximum Gasteiger partial charge on any atom is 0.145 e. The maximum atomic E-state index is 5.98. The number of aromatic nitrogens is 3. The normalized spacial score (nSPS) is 16.5. The van der Waals surface area contributed by atoms with Crippen molar-refractivity contribution in [3.8, 4) is 0 Å². The van der Waals surface area contributed by atoms with Crippen LogP contribution in [0.3, 0.4) is 0 Å². The van der Waals surface area contributed by atoms with Gasteiger partial charge in [0.15, 0.2) is 0 Å². The van der Waals surface area contributed by atoms with Crippen molar-refractivity contribution in [2.24, 2.45) is 0 Å². The third-order valence-corrected chi connectivity index (χ3v) is 4.27. The van der Waals surface area contributed by atoms with Crippen molar-refractivity contribution in [3.63, 3.8) is 0 Å². The smallest absolute Gasteiger partial charge is 0.145 e. The van der Waals surface area contributed by atoms with Crippen molar-refractivity contribution in [3.05, 3.63) is 17.6 Å². The summed E-state index contributed by atoms with van der Waals surface area (Å²) in [6, 6.07) is 0. The van der Waals surface area contributed by atoms with E-state index in [-0.39, 0.29) is 0 Å². The van der Waals surface area contributed by atoms with Crippen molar-refractivity contribution < 1.29 is 0 Å². The standard InChI is InChI=1S/C14H21N5/c1-10-11(2)19(8-7-18-5-3-4-6-18)14-12(10)13(15)16-9-17-14/h9H,3-8H2,1-2H3,(H2,15,16,17). The van der Waals surface area contributed by atoms with Crippen LogP contribution >= 0.6 is 0 Å². The van der Waals surface area contributed by atoms with Gasteiger partial charge in [-0.3, -0.25) is 0 Å². The van der Waals surface area contributed by atoms with Crippen LogP contribution in [-0.2, 0) is 6.54 Å². The second kappa shape index (κ2) is 4.81. The van der Waals surface area contributed by atoms with Gasteiger partial charge in [0, 0.05) is 18.8 Å². The van der Waals surface area contributed by atoms with Gasteiger partial charge in [-0.15, -0.1) is 0 Å². The zero-order chi connectivity index (χ0) is 13.4. The van der Waals surface area contributed by atoms with E-state index in [9.17, 15) is 0 Å². The highest BCUT2D eigenvalue weighted by atomic mass is 15.2. The zero-order valence-corrected chi connectivity index (χ0v) is 11.7. The first-order valence-electron chi connectivity index (χ1n) is 6.96. The number of nitrogens with two attached hydrogens (primary N) is 1. The molecule has 1 fully saturated rings. The lowest BCUT2D eigenvalue weighted by molar-refractivity contribution is 0.323. The molecule has 0 amide bonds. The number of anilines is 1. The van der Waals surface area contributed by atoms with Gasteiger partial charge in [-0.1, -0.05) is 0 Å². The van der Waals surface area contributed by atoms with Gasteiger partial charge in [0.2, 0.25) is 0 Å². The van der Waals surface area contributed by atoms with E-state index >= 15 is 0 Å². The molecule has 2 aromatic rings. The van der Waals surface area contributed by atoms with Crippen LogP contribution in [0.1, 0.15) is 24.1 Å². The highest BCUT2D eigenvalue weighted by molar-refractivity contribution is 5.90. The topological polar surface area (TPSA) is 60.0 Å². The highest BCUT2D eigenvalue weighted by Gasteiger charge is 2.16. The molecule has 1 aliphatic heterocycles. The first-order chi connectivity index (χ1) is 9.18. The lowest BCUT2D eigenvalue weighted by Gasteiger charge is -2.16. The summed E-state index contributed by atoms with van der Waals surface area (Å²) in [5.74, 6) is 0.588. The monoisotopic (exact) mass is 259 g/mol. The Hall–Kier alpha value is -1.62. The molecule has 2 N–H and O–H groups in total. The summed E-state index contributed by atoms with van der Waals surface area (Å²) in [7, 11) is 0. The minimum atomic E-state index is 0.588. The largest absolute Gasteiger partial charge is 0.383 e. The third kappa shape index (κ3) is 2.08.